The molecule has 0 aliphatic rings. The summed E-state index contributed by atoms with van der Waals surface area (Å²) < 4.78 is 5.90. The van der Waals surface area contributed by atoms with Crippen molar-refractivity contribution < 1.29 is 9.53 Å². The lowest BCUT2D eigenvalue weighted by Gasteiger charge is -2.21. The first-order valence-corrected chi connectivity index (χ1v) is 7.77. The van der Waals surface area contributed by atoms with Gasteiger partial charge in [-0.1, -0.05) is 26.0 Å². The van der Waals surface area contributed by atoms with Crippen LogP contribution >= 0.6 is 0 Å². The molecule has 2 atom stereocenters. The van der Waals surface area contributed by atoms with Crippen LogP contribution in [0.3, 0.4) is 0 Å². The SMILES string of the molecule is CCCNC(=O)C(C)Oc1cc(C)ccc1C(C)NCC. The minimum Gasteiger partial charge on any atom is -0.481 e. The summed E-state index contributed by atoms with van der Waals surface area (Å²) in [6.07, 6.45) is 0.428. The lowest BCUT2D eigenvalue weighted by atomic mass is 10.0. The van der Waals surface area contributed by atoms with Gasteiger partial charge in [0.05, 0.1) is 0 Å². The third-order valence-electron chi connectivity index (χ3n) is 3.37. The fraction of sp³-hybridized carbons (Fsp3) is 0.588. The van der Waals surface area contributed by atoms with Gasteiger partial charge >= 0.3 is 0 Å². The monoisotopic (exact) mass is 292 g/mol. The van der Waals surface area contributed by atoms with E-state index in [2.05, 4.69) is 36.6 Å². The van der Waals surface area contributed by atoms with E-state index in [1.165, 1.54) is 0 Å². The normalized spacial score (nSPS) is 13.6. The molecule has 21 heavy (non-hydrogen) atoms. The number of aryl methyl sites for hydroxylation is 1. The van der Waals surface area contributed by atoms with Gasteiger partial charge in [0, 0.05) is 18.2 Å². The number of carbonyl (C=O) groups is 1. The fourth-order valence-electron chi connectivity index (χ4n) is 2.15. The average molecular weight is 292 g/mol. The van der Waals surface area contributed by atoms with Crippen molar-refractivity contribution in [3.05, 3.63) is 29.3 Å². The maximum absolute atomic E-state index is 11.9. The highest BCUT2D eigenvalue weighted by Gasteiger charge is 2.18. The Balaban J connectivity index is 2.85. The van der Waals surface area contributed by atoms with Crippen molar-refractivity contribution in [3.63, 3.8) is 0 Å². The first-order chi connectivity index (χ1) is 9.99. The Bertz CT molecular complexity index is 460. The molecule has 0 heterocycles. The summed E-state index contributed by atoms with van der Waals surface area (Å²) in [6, 6.07) is 6.32. The first-order valence-electron chi connectivity index (χ1n) is 7.77. The van der Waals surface area contributed by atoms with Gasteiger partial charge < -0.3 is 15.4 Å². The Morgan fingerprint density at radius 3 is 2.62 bits per heavy atom. The second-order valence-electron chi connectivity index (χ2n) is 5.37. The van der Waals surface area contributed by atoms with Gasteiger partial charge in [-0.3, -0.25) is 4.79 Å². The molecule has 0 aliphatic carbocycles. The topological polar surface area (TPSA) is 50.4 Å². The van der Waals surface area contributed by atoms with Crippen LogP contribution in [0.1, 0.15) is 51.3 Å². The molecule has 1 aromatic carbocycles. The van der Waals surface area contributed by atoms with Crippen molar-refractivity contribution in [3.8, 4) is 5.75 Å². The molecular weight excluding hydrogens is 264 g/mol. The number of amides is 1. The average Bonchev–Trinajstić information content (AvgIpc) is 2.44. The van der Waals surface area contributed by atoms with Gasteiger partial charge in [-0.2, -0.15) is 0 Å². The van der Waals surface area contributed by atoms with Gasteiger partial charge in [-0.05, 0) is 45.4 Å². The summed E-state index contributed by atoms with van der Waals surface area (Å²) in [4.78, 5) is 11.9. The number of carbonyl (C=O) groups excluding carboxylic acids is 1. The zero-order chi connectivity index (χ0) is 15.8. The lowest BCUT2D eigenvalue weighted by Crippen LogP contribution is -2.37. The molecule has 4 nitrogen and oxygen atoms in total. The lowest BCUT2D eigenvalue weighted by molar-refractivity contribution is -0.127. The van der Waals surface area contributed by atoms with Crippen molar-refractivity contribution in [1.29, 1.82) is 0 Å². The Morgan fingerprint density at radius 1 is 1.29 bits per heavy atom. The molecule has 2 unspecified atom stereocenters. The summed E-state index contributed by atoms with van der Waals surface area (Å²) in [7, 11) is 0. The molecule has 0 radical (unpaired) electrons. The fourth-order valence-corrected chi connectivity index (χ4v) is 2.15. The van der Waals surface area contributed by atoms with E-state index in [1.807, 2.05) is 19.9 Å². The summed E-state index contributed by atoms with van der Waals surface area (Å²) in [5, 5.41) is 6.24. The summed E-state index contributed by atoms with van der Waals surface area (Å²) in [6.45, 7) is 11.6. The highest BCUT2D eigenvalue weighted by Crippen LogP contribution is 2.27. The van der Waals surface area contributed by atoms with E-state index >= 15 is 0 Å². The predicted octanol–water partition coefficient (Wildman–Crippen LogP) is 2.96. The standard InChI is InChI=1S/C17H28N2O2/c1-6-10-19-17(20)14(5)21-16-11-12(3)8-9-15(16)13(4)18-7-2/h8-9,11,13-14,18H,6-7,10H2,1-5H3,(H,19,20). The molecule has 0 fully saturated rings. The predicted molar refractivity (Wildman–Crippen MR) is 86.7 cm³/mol. The molecule has 118 valence electrons. The molecule has 1 rings (SSSR count). The molecule has 0 bridgehead atoms. The molecule has 2 N–H and O–H groups in total. The maximum Gasteiger partial charge on any atom is 0.260 e. The van der Waals surface area contributed by atoms with Crippen molar-refractivity contribution in [2.75, 3.05) is 13.1 Å². The van der Waals surface area contributed by atoms with E-state index < -0.39 is 6.10 Å². The van der Waals surface area contributed by atoms with Gasteiger partial charge in [0.25, 0.3) is 5.91 Å². The molecule has 0 saturated carbocycles. The molecular formula is C17H28N2O2. The van der Waals surface area contributed by atoms with E-state index in [4.69, 9.17) is 4.74 Å². The van der Waals surface area contributed by atoms with Crippen molar-refractivity contribution in [2.24, 2.45) is 0 Å². The van der Waals surface area contributed by atoms with Crippen LogP contribution in [0.5, 0.6) is 5.75 Å². The minimum absolute atomic E-state index is 0.0691. The number of hydrogen-bond acceptors (Lipinski definition) is 3. The van der Waals surface area contributed by atoms with Crippen LogP contribution in [-0.4, -0.2) is 25.1 Å². The van der Waals surface area contributed by atoms with Crippen LogP contribution in [0.2, 0.25) is 0 Å². The van der Waals surface area contributed by atoms with Crippen LogP contribution < -0.4 is 15.4 Å². The highest BCUT2D eigenvalue weighted by atomic mass is 16.5. The second-order valence-corrected chi connectivity index (χ2v) is 5.37. The molecule has 0 aromatic heterocycles. The van der Waals surface area contributed by atoms with E-state index in [0.717, 1.165) is 29.8 Å². The van der Waals surface area contributed by atoms with Crippen LogP contribution in [0.15, 0.2) is 18.2 Å². The van der Waals surface area contributed by atoms with Gasteiger partial charge in [0.15, 0.2) is 6.10 Å². The Hall–Kier alpha value is -1.55. The van der Waals surface area contributed by atoms with Crippen LogP contribution in [0.4, 0.5) is 0 Å². The van der Waals surface area contributed by atoms with E-state index in [1.54, 1.807) is 6.92 Å². The smallest absolute Gasteiger partial charge is 0.260 e. The third kappa shape index (κ3) is 5.38. The Labute approximate surface area is 128 Å². The number of rotatable bonds is 8. The van der Waals surface area contributed by atoms with Crippen LogP contribution in [0.25, 0.3) is 0 Å². The Kier molecular flexibility index (Phi) is 7.23. The Morgan fingerprint density at radius 2 is 2.00 bits per heavy atom. The molecule has 0 aliphatic heterocycles. The third-order valence-corrected chi connectivity index (χ3v) is 3.37. The molecule has 0 saturated heterocycles. The number of benzene rings is 1. The first kappa shape index (κ1) is 17.5. The van der Waals surface area contributed by atoms with Crippen molar-refractivity contribution in [1.82, 2.24) is 10.6 Å². The van der Waals surface area contributed by atoms with E-state index in [0.29, 0.717) is 6.54 Å². The van der Waals surface area contributed by atoms with Crippen molar-refractivity contribution in [2.45, 2.75) is 53.2 Å². The van der Waals surface area contributed by atoms with Gasteiger partial charge in [0.2, 0.25) is 0 Å². The number of ether oxygens (including phenoxy) is 1. The summed E-state index contributed by atoms with van der Waals surface area (Å²) in [5.74, 6) is 0.711. The summed E-state index contributed by atoms with van der Waals surface area (Å²) >= 11 is 0. The van der Waals surface area contributed by atoms with Gasteiger partial charge in [-0.25, -0.2) is 0 Å². The summed E-state index contributed by atoms with van der Waals surface area (Å²) in [5.41, 5.74) is 2.20. The molecule has 1 aromatic rings. The van der Waals surface area contributed by atoms with E-state index in [-0.39, 0.29) is 11.9 Å². The zero-order valence-electron chi connectivity index (χ0n) is 13.8. The minimum atomic E-state index is -0.495. The molecule has 4 heteroatoms. The van der Waals surface area contributed by atoms with E-state index in [9.17, 15) is 4.79 Å². The molecule has 1 amide bonds. The van der Waals surface area contributed by atoms with Gasteiger partial charge in [-0.15, -0.1) is 0 Å². The number of hydrogen-bond donors (Lipinski definition) is 2. The zero-order valence-corrected chi connectivity index (χ0v) is 13.8. The number of nitrogens with one attached hydrogen (secondary N) is 2. The largest absolute Gasteiger partial charge is 0.481 e. The second kappa shape index (κ2) is 8.67. The molecule has 0 spiro atoms. The van der Waals surface area contributed by atoms with Crippen LogP contribution in [0, 0.1) is 6.92 Å². The highest BCUT2D eigenvalue weighted by molar-refractivity contribution is 5.80. The quantitative estimate of drug-likeness (QED) is 0.774. The maximum atomic E-state index is 11.9. The van der Waals surface area contributed by atoms with Crippen molar-refractivity contribution >= 4 is 5.91 Å². The van der Waals surface area contributed by atoms with Crippen LogP contribution in [-0.2, 0) is 4.79 Å². The van der Waals surface area contributed by atoms with Gasteiger partial charge in [0.1, 0.15) is 5.75 Å².